The van der Waals surface area contributed by atoms with Gasteiger partial charge in [0.2, 0.25) is 0 Å². The molecule has 5 heteroatoms. The van der Waals surface area contributed by atoms with Crippen molar-refractivity contribution < 1.29 is 9.53 Å². The highest BCUT2D eigenvalue weighted by molar-refractivity contribution is 5.87. The maximum atomic E-state index is 12.5. The van der Waals surface area contributed by atoms with E-state index in [4.69, 9.17) is 4.74 Å². The number of aromatic nitrogens is 1. The van der Waals surface area contributed by atoms with E-state index >= 15 is 0 Å². The molecule has 1 fully saturated rings. The van der Waals surface area contributed by atoms with Crippen LogP contribution >= 0.6 is 0 Å². The van der Waals surface area contributed by atoms with Gasteiger partial charge in [0, 0.05) is 18.3 Å². The van der Waals surface area contributed by atoms with Crippen molar-refractivity contribution in [1.82, 2.24) is 9.88 Å². The van der Waals surface area contributed by atoms with E-state index in [2.05, 4.69) is 22.9 Å². The summed E-state index contributed by atoms with van der Waals surface area (Å²) in [5.41, 5.74) is 0.719. The number of hydrogen-bond donors (Lipinski definition) is 0. The van der Waals surface area contributed by atoms with Crippen LogP contribution in [0.25, 0.3) is 0 Å². The molecular weight excluding hydrogens is 314 g/mol. The zero-order valence-electron chi connectivity index (χ0n) is 16.6. The van der Waals surface area contributed by atoms with Crippen molar-refractivity contribution in [1.29, 1.82) is 0 Å². The molecule has 0 radical (unpaired) electrons. The molecule has 0 aromatic carbocycles. The minimum Gasteiger partial charge on any atom is -0.443 e. The van der Waals surface area contributed by atoms with Gasteiger partial charge >= 0.3 is 6.09 Å². The molecule has 0 bridgehead atoms. The van der Waals surface area contributed by atoms with Crippen LogP contribution in [0.2, 0.25) is 0 Å². The van der Waals surface area contributed by atoms with Gasteiger partial charge in [-0.15, -0.1) is 0 Å². The number of carbonyl (C=O) groups is 1. The summed E-state index contributed by atoms with van der Waals surface area (Å²) in [6, 6.07) is 4.49. The minimum absolute atomic E-state index is 0.0173. The molecule has 1 saturated heterocycles. The van der Waals surface area contributed by atoms with Crippen LogP contribution in [0.3, 0.4) is 0 Å². The standard InChI is InChI=1S/C20H33N3O2/c1-7-12-22-13-8-9-17(22)16-10-11-18(21-14-16)23(15(2)3)19(24)25-20(4,5)6/h10-11,14-15,17H,7-9,12-13H2,1-6H3/t17-/m0/s1. The molecule has 1 aromatic rings. The number of ether oxygens (including phenoxy) is 1. The highest BCUT2D eigenvalue weighted by Gasteiger charge is 2.28. The quantitative estimate of drug-likeness (QED) is 0.769. The van der Waals surface area contributed by atoms with Crippen LogP contribution in [0.15, 0.2) is 18.3 Å². The molecule has 2 rings (SSSR count). The van der Waals surface area contributed by atoms with Crippen LogP contribution in [0, 0.1) is 0 Å². The van der Waals surface area contributed by atoms with Crippen molar-refractivity contribution in [3.05, 3.63) is 23.9 Å². The van der Waals surface area contributed by atoms with Gasteiger partial charge < -0.3 is 4.74 Å². The number of amides is 1. The Labute approximate surface area is 152 Å². The Bertz CT molecular complexity index is 563. The van der Waals surface area contributed by atoms with Crippen molar-refractivity contribution in [2.24, 2.45) is 0 Å². The Kier molecular flexibility index (Phi) is 6.44. The fourth-order valence-corrected chi connectivity index (χ4v) is 3.38. The van der Waals surface area contributed by atoms with E-state index in [1.807, 2.05) is 46.9 Å². The molecule has 0 aliphatic carbocycles. The summed E-state index contributed by atoms with van der Waals surface area (Å²) in [7, 11) is 0. The minimum atomic E-state index is -0.519. The van der Waals surface area contributed by atoms with Gasteiger partial charge in [-0.3, -0.25) is 9.80 Å². The second-order valence-electron chi connectivity index (χ2n) is 8.09. The van der Waals surface area contributed by atoms with Crippen molar-refractivity contribution in [2.75, 3.05) is 18.0 Å². The monoisotopic (exact) mass is 347 g/mol. The maximum absolute atomic E-state index is 12.5. The molecule has 0 spiro atoms. The van der Waals surface area contributed by atoms with Gasteiger partial charge in [0.1, 0.15) is 11.4 Å². The van der Waals surface area contributed by atoms with E-state index in [0.717, 1.165) is 13.1 Å². The van der Waals surface area contributed by atoms with E-state index in [1.54, 1.807) is 4.90 Å². The molecule has 1 amide bonds. The Balaban J connectivity index is 2.17. The molecule has 25 heavy (non-hydrogen) atoms. The van der Waals surface area contributed by atoms with Crippen LogP contribution < -0.4 is 4.90 Å². The number of rotatable bonds is 5. The summed E-state index contributed by atoms with van der Waals surface area (Å²) in [6.45, 7) is 14.1. The SMILES string of the molecule is CCCN1CCC[C@H]1c1ccc(N(C(=O)OC(C)(C)C)C(C)C)nc1. The van der Waals surface area contributed by atoms with Gasteiger partial charge in [0.15, 0.2) is 0 Å². The number of hydrogen-bond acceptors (Lipinski definition) is 4. The average Bonchev–Trinajstić information content (AvgIpc) is 2.94. The van der Waals surface area contributed by atoms with Crippen molar-refractivity contribution in [3.63, 3.8) is 0 Å². The number of anilines is 1. The first kappa shape index (κ1) is 19.7. The Morgan fingerprint density at radius 2 is 2.12 bits per heavy atom. The number of pyridine rings is 1. The van der Waals surface area contributed by atoms with Crippen molar-refractivity contribution in [3.8, 4) is 0 Å². The lowest BCUT2D eigenvalue weighted by Crippen LogP contribution is -2.41. The molecule has 5 nitrogen and oxygen atoms in total. The van der Waals surface area contributed by atoms with Crippen LogP contribution in [0.4, 0.5) is 10.6 Å². The lowest BCUT2D eigenvalue weighted by Gasteiger charge is -2.30. The van der Waals surface area contributed by atoms with Crippen LogP contribution in [-0.2, 0) is 4.74 Å². The highest BCUT2D eigenvalue weighted by Crippen LogP contribution is 2.32. The zero-order chi connectivity index (χ0) is 18.6. The first-order chi connectivity index (χ1) is 11.7. The summed E-state index contributed by atoms with van der Waals surface area (Å²) in [5, 5.41) is 0. The summed E-state index contributed by atoms with van der Waals surface area (Å²) >= 11 is 0. The lowest BCUT2D eigenvalue weighted by atomic mass is 10.1. The molecule has 0 N–H and O–H groups in total. The average molecular weight is 348 g/mol. The Morgan fingerprint density at radius 1 is 1.40 bits per heavy atom. The third-order valence-electron chi connectivity index (χ3n) is 4.38. The molecule has 0 saturated carbocycles. The highest BCUT2D eigenvalue weighted by atomic mass is 16.6. The molecule has 0 unspecified atom stereocenters. The number of nitrogens with zero attached hydrogens (tertiary/aromatic N) is 3. The van der Waals surface area contributed by atoms with Crippen molar-refractivity contribution in [2.45, 2.75) is 78.5 Å². The van der Waals surface area contributed by atoms with E-state index < -0.39 is 5.60 Å². The second-order valence-corrected chi connectivity index (χ2v) is 8.09. The summed E-state index contributed by atoms with van der Waals surface area (Å²) in [6.07, 6.45) is 5.16. The lowest BCUT2D eigenvalue weighted by molar-refractivity contribution is 0.0569. The summed E-state index contributed by atoms with van der Waals surface area (Å²) in [4.78, 5) is 21.3. The van der Waals surface area contributed by atoms with Crippen LogP contribution in [0.1, 0.15) is 72.4 Å². The van der Waals surface area contributed by atoms with Gasteiger partial charge in [0.05, 0.1) is 0 Å². The van der Waals surface area contributed by atoms with Gasteiger partial charge in [-0.05, 0) is 78.6 Å². The zero-order valence-corrected chi connectivity index (χ0v) is 16.6. The first-order valence-corrected chi connectivity index (χ1v) is 9.45. The van der Waals surface area contributed by atoms with Gasteiger partial charge in [0.25, 0.3) is 0 Å². The van der Waals surface area contributed by atoms with E-state index in [1.165, 1.54) is 24.8 Å². The van der Waals surface area contributed by atoms with Crippen molar-refractivity contribution >= 4 is 11.9 Å². The molecule has 1 atom stereocenters. The molecule has 1 aromatic heterocycles. The largest absolute Gasteiger partial charge is 0.443 e. The van der Waals surface area contributed by atoms with Gasteiger partial charge in [-0.1, -0.05) is 13.0 Å². The fraction of sp³-hybridized carbons (Fsp3) is 0.700. The normalized spacial score (nSPS) is 18.6. The third-order valence-corrected chi connectivity index (χ3v) is 4.38. The molecule has 1 aliphatic rings. The summed E-state index contributed by atoms with van der Waals surface area (Å²) in [5.74, 6) is 0.646. The second kappa shape index (κ2) is 8.17. The smallest absolute Gasteiger partial charge is 0.416 e. The van der Waals surface area contributed by atoms with E-state index in [-0.39, 0.29) is 12.1 Å². The van der Waals surface area contributed by atoms with E-state index in [0.29, 0.717) is 11.9 Å². The molecule has 140 valence electrons. The van der Waals surface area contributed by atoms with Crippen LogP contribution in [-0.4, -0.2) is 40.7 Å². The fourth-order valence-electron chi connectivity index (χ4n) is 3.38. The molecular formula is C20H33N3O2. The maximum Gasteiger partial charge on any atom is 0.416 e. The number of likely N-dealkylation sites (tertiary alicyclic amines) is 1. The number of carbonyl (C=O) groups excluding carboxylic acids is 1. The molecule has 1 aliphatic heterocycles. The predicted molar refractivity (Wildman–Crippen MR) is 102 cm³/mol. The summed E-state index contributed by atoms with van der Waals surface area (Å²) < 4.78 is 5.53. The third kappa shape index (κ3) is 5.18. The van der Waals surface area contributed by atoms with Crippen LogP contribution in [0.5, 0.6) is 0 Å². The topological polar surface area (TPSA) is 45.7 Å². The Hall–Kier alpha value is -1.62. The van der Waals surface area contributed by atoms with Gasteiger partial charge in [-0.2, -0.15) is 0 Å². The van der Waals surface area contributed by atoms with E-state index in [9.17, 15) is 4.79 Å². The first-order valence-electron chi connectivity index (χ1n) is 9.45. The Morgan fingerprint density at radius 3 is 2.64 bits per heavy atom. The predicted octanol–water partition coefficient (Wildman–Crippen LogP) is 4.78. The van der Waals surface area contributed by atoms with Gasteiger partial charge in [-0.25, -0.2) is 9.78 Å². The molecule has 2 heterocycles.